The van der Waals surface area contributed by atoms with Crippen molar-refractivity contribution < 1.29 is 15.0 Å². The van der Waals surface area contributed by atoms with Gasteiger partial charge in [0.15, 0.2) is 0 Å². The first-order chi connectivity index (χ1) is 15.2. The number of benzene rings is 2. The van der Waals surface area contributed by atoms with Crippen molar-refractivity contribution in [2.24, 2.45) is 0 Å². The number of aliphatic hydroxyl groups is 1. The number of nitrogens with one attached hydrogen (secondary N) is 2. The molecule has 0 aliphatic rings. The quantitative estimate of drug-likeness (QED) is 0.353. The van der Waals surface area contributed by atoms with E-state index in [9.17, 15) is 15.0 Å². The van der Waals surface area contributed by atoms with Gasteiger partial charge in [0.1, 0.15) is 11.6 Å². The lowest BCUT2D eigenvalue weighted by Crippen LogP contribution is -2.43. The van der Waals surface area contributed by atoms with Crippen LogP contribution in [-0.2, 0) is 13.0 Å². The molecule has 0 aliphatic carbocycles. The summed E-state index contributed by atoms with van der Waals surface area (Å²) in [5, 5.41) is 26.5. The van der Waals surface area contributed by atoms with Crippen LogP contribution in [0.4, 0.5) is 5.82 Å². The van der Waals surface area contributed by atoms with Crippen molar-refractivity contribution in [3.05, 3.63) is 89.1 Å². The van der Waals surface area contributed by atoms with Gasteiger partial charge in [-0.05, 0) is 50.1 Å². The van der Waals surface area contributed by atoms with Gasteiger partial charge >= 0.3 is 0 Å². The third-order valence-electron chi connectivity index (χ3n) is 5.23. The van der Waals surface area contributed by atoms with Crippen LogP contribution in [0.15, 0.2) is 66.9 Å². The molecular formula is C25H30N4O3. The lowest BCUT2D eigenvalue weighted by molar-refractivity contribution is 0.0950. The molecule has 7 nitrogen and oxygen atoms in total. The van der Waals surface area contributed by atoms with Gasteiger partial charge in [-0.2, -0.15) is 0 Å². The number of para-hydroxylation sites is 1. The van der Waals surface area contributed by atoms with Crippen molar-refractivity contribution in [3.8, 4) is 5.75 Å². The number of hydrogen-bond donors (Lipinski definition) is 5. The number of carbonyl (C=O) groups excluding carboxylic acids is 1. The van der Waals surface area contributed by atoms with E-state index < -0.39 is 6.10 Å². The Bertz CT molecular complexity index is 1050. The molecule has 0 bridgehead atoms. The first-order valence-corrected chi connectivity index (χ1v) is 10.5. The highest BCUT2D eigenvalue weighted by atomic mass is 16.3. The maximum absolute atomic E-state index is 12.6. The van der Waals surface area contributed by atoms with E-state index in [1.165, 1.54) is 0 Å². The molecule has 1 atom stereocenters. The standard InChI is InChI=1S/C25H30N4O3/c1-25(2,29-16-22(31)20-10-11-23(26)27-14-20)13-17-6-5-8-18(12-17)24(32)28-15-19-7-3-4-9-21(19)30/h3-12,14,22,29-31H,13,15-16H2,1-2H3,(H2,26,27)(H,28,32)/t22-/m0/s1. The van der Waals surface area contributed by atoms with Crippen LogP contribution in [0.3, 0.4) is 0 Å². The van der Waals surface area contributed by atoms with E-state index in [-0.39, 0.29) is 23.7 Å². The monoisotopic (exact) mass is 434 g/mol. The van der Waals surface area contributed by atoms with Crippen LogP contribution in [-0.4, -0.2) is 33.2 Å². The predicted molar refractivity (Wildman–Crippen MR) is 125 cm³/mol. The molecule has 32 heavy (non-hydrogen) atoms. The minimum Gasteiger partial charge on any atom is -0.508 e. The normalized spacial score (nSPS) is 12.3. The van der Waals surface area contributed by atoms with Crippen LogP contribution in [0.1, 0.15) is 47.0 Å². The van der Waals surface area contributed by atoms with E-state index in [2.05, 4.69) is 15.6 Å². The molecule has 0 unspecified atom stereocenters. The number of aliphatic hydroxyl groups excluding tert-OH is 1. The van der Waals surface area contributed by atoms with E-state index in [1.54, 1.807) is 42.6 Å². The van der Waals surface area contributed by atoms with Crippen molar-refractivity contribution in [3.63, 3.8) is 0 Å². The summed E-state index contributed by atoms with van der Waals surface area (Å²) in [6.45, 7) is 4.71. The number of pyridine rings is 1. The predicted octanol–water partition coefficient (Wildman–Crippen LogP) is 2.94. The molecule has 0 spiro atoms. The second-order valence-corrected chi connectivity index (χ2v) is 8.49. The Balaban J connectivity index is 1.57. The fourth-order valence-electron chi connectivity index (χ4n) is 3.44. The highest BCUT2D eigenvalue weighted by Gasteiger charge is 2.20. The van der Waals surface area contributed by atoms with Gasteiger partial charge in [-0.25, -0.2) is 4.98 Å². The summed E-state index contributed by atoms with van der Waals surface area (Å²) in [6.07, 6.45) is 1.54. The summed E-state index contributed by atoms with van der Waals surface area (Å²) in [6, 6.07) is 17.8. The molecule has 3 aromatic rings. The van der Waals surface area contributed by atoms with Gasteiger partial charge in [0.05, 0.1) is 6.10 Å². The number of phenolic OH excluding ortho intramolecular Hbond substituents is 1. The molecule has 0 aliphatic heterocycles. The Morgan fingerprint density at radius 1 is 1.12 bits per heavy atom. The zero-order valence-corrected chi connectivity index (χ0v) is 18.4. The first-order valence-electron chi connectivity index (χ1n) is 10.5. The van der Waals surface area contributed by atoms with Crippen molar-refractivity contribution in [2.45, 2.75) is 38.5 Å². The van der Waals surface area contributed by atoms with Crippen LogP contribution in [0.5, 0.6) is 5.75 Å². The Morgan fingerprint density at radius 2 is 1.91 bits per heavy atom. The minimum atomic E-state index is -0.700. The fraction of sp³-hybridized carbons (Fsp3) is 0.280. The summed E-state index contributed by atoms with van der Waals surface area (Å²) in [4.78, 5) is 16.6. The molecule has 6 N–H and O–H groups in total. The molecule has 0 saturated heterocycles. The van der Waals surface area contributed by atoms with Crippen LogP contribution < -0.4 is 16.4 Å². The van der Waals surface area contributed by atoms with E-state index in [1.807, 2.05) is 38.1 Å². The average molecular weight is 435 g/mol. The molecule has 3 rings (SSSR count). The number of nitrogens with zero attached hydrogens (tertiary/aromatic N) is 1. The van der Waals surface area contributed by atoms with Crippen molar-refractivity contribution in [2.75, 3.05) is 12.3 Å². The molecule has 2 aromatic carbocycles. The van der Waals surface area contributed by atoms with Gasteiger partial charge in [-0.15, -0.1) is 0 Å². The average Bonchev–Trinajstić information content (AvgIpc) is 2.77. The number of carbonyl (C=O) groups is 1. The third kappa shape index (κ3) is 6.54. The lowest BCUT2D eigenvalue weighted by Gasteiger charge is -2.28. The number of hydrogen-bond acceptors (Lipinski definition) is 6. The molecule has 1 heterocycles. The SMILES string of the molecule is CC(C)(Cc1cccc(C(=O)NCc2ccccc2O)c1)NC[C@H](O)c1ccc(N)nc1. The van der Waals surface area contributed by atoms with Gasteiger partial charge in [0, 0.05) is 41.5 Å². The molecule has 0 fully saturated rings. The minimum absolute atomic E-state index is 0.159. The van der Waals surface area contributed by atoms with Crippen LogP contribution in [0.25, 0.3) is 0 Å². The van der Waals surface area contributed by atoms with Crippen LogP contribution >= 0.6 is 0 Å². The zero-order chi connectivity index (χ0) is 23.1. The molecular weight excluding hydrogens is 404 g/mol. The largest absolute Gasteiger partial charge is 0.508 e. The van der Waals surface area contributed by atoms with Crippen molar-refractivity contribution in [1.82, 2.24) is 15.6 Å². The third-order valence-corrected chi connectivity index (χ3v) is 5.23. The summed E-state index contributed by atoms with van der Waals surface area (Å²) >= 11 is 0. The number of anilines is 1. The van der Waals surface area contributed by atoms with Gasteiger partial charge in [-0.3, -0.25) is 4.79 Å². The number of aromatic hydroxyl groups is 1. The number of rotatable bonds is 9. The van der Waals surface area contributed by atoms with E-state index in [0.29, 0.717) is 35.5 Å². The molecule has 7 heteroatoms. The molecule has 168 valence electrons. The topological polar surface area (TPSA) is 120 Å². The number of nitrogens with two attached hydrogens (primary N) is 1. The van der Waals surface area contributed by atoms with E-state index in [0.717, 1.165) is 5.56 Å². The van der Waals surface area contributed by atoms with E-state index in [4.69, 9.17) is 5.73 Å². The maximum Gasteiger partial charge on any atom is 0.251 e. The summed E-state index contributed by atoms with van der Waals surface area (Å²) < 4.78 is 0. The Kier molecular flexibility index (Phi) is 7.45. The summed E-state index contributed by atoms with van der Waals surface area (Å²) in [5.74, 6) is 0.372. The number of nitrogen functional groups attached to an aromatic ring is 1. The van der Waals surface area contributed by atoms with Crippen molar-refractivity contribution >= 4 is 11.7 Å². The number of phenols is 1. The highest BCUT2D eigenvalue weighted by Crippen LogP contribution is 2.18. The first kappa shape index (κ1) is 23.2. The van der Waals surface area contributed by atoms with Crippen LogP contribution in [0.2, 0.25) is 0 Å². The van der Waals surface area contributed by atoms with Gasteiger partial charge < -0.3 is 26.6 Å². The van der Waals surface area contributed by atoms with Gasteiger partial charge in [-0.1, -0.05) is 36.4 Å². The second-order valence-electron chi connectivity index (χ2n) is 8.49. The maximum atomic E-state index is 12.6. The highest BCUT2D eigenvalue weighted by molar-refractivity contribution is 5.94. The van der Waals surface area contributed by atoms with E-state index >= 15 is 0 Å². The zero-order valence-electron chi connectivity index (χ0n) is 18.4. The van der Waals surface area contributed by atoms with Gasteiger partial charge in [0.2, 0.25) is 0 Å². The fourth-order valence-corrected chi connectivity index (χ4v) is 3.44. The molecule has 0 saturated carbocycles. The Labute approximate surface area is 188 Å². The molecule has 1 aromatic heterocycles. The second kappa shape index (κ2) is 10.3. The number of amides is 1. The summed E-state index contributed by atoms with van der Waals surface area (Å²) in [5.41, 5.74) is 8.21. The molecule has 0 radical (unpaired) electrons. The Hall–Kier alpha value is -3.42. The van der Waals surface area contributed by atoms with Crippen molar-refractivity contribution in [1.29, 1.82) is 0 Å². The number of β-amino-alcohol motifs (C(OH)–C–C–N with tert-alkyl or cyclic N) is 1. The van der Waals surface area contributed by atoms with Crippen LogP contribution in [0, 0.1) is 0 Å². The van der Waals surface area contributed by atoms with Gasteiger partial charge in [0.25, 0.3) is 5.91 Å². The Morgan fingerprint density at radius 3 is 2.62 bits per heavy atom. The molecule has 1 amide bonds. The number of aromatic nitrogens is 1. The smallest absolute Gasteiger partial charge is 0.251 e. The summed E-state index contributed by atoms with van der Waals surface area (Å²) in [7, 11) is 0. The lowest BCUT2D eigenvalue weighted by atomic mass is 9.93.